The molecule has 0 aliphatic heterocycles. The Hall–Kier alpha value is -2.62. The van der Waals surface area contributed by atoms with Gasteiger partial charge in [-0.1, -0.05) is 48.5 Å². The van der Waals surface area contributed by atoms with E-state index in [0.717, 1.165) is 35.1 Å². The number of nitrogens with one attached hydrogen (secondary N) is 1. The lowest BCUT2D eigenvalue weighted by molar-refractivity contribution is -0.149. The molecule has 0 saturated heterocycles. The van der Waals surface area contributed by atoms with Crippen LogP contribution in [-0.2, 0) is 9.59 Å². The minimum atomic E-state index is -0.879. The molecule has 1 amide bonds. The van der Waals surface area contributed by atoms with Gasteiger partial charge in [0.05, 0.1) is 11.8 Å². The van der Waals surface area contributed by atoms with E-state index in [4.69, 9.17) is 0 Å². The van der Waals surface area contributed by atoms with Gasteiger partial charge in [-0.3, -0.25) is 9.59 Å². The van der Waals surface area contributed by atoms with Gasteiger partial charge in [-0.15, -0.1) is 0 Å². The third-order valence-corrected chi connectivity index (χ3v) is 6.29. The maximum absolute atomic E-state index is 13.1. The second kappa shape index (κ2) is 5.70. The number of hydrogen-bond acceptors (Lipinski definition) is 2. The number of amides is 1. The third kappa shape index (κ3) is 2.21. The van der Waals surface area contributed by atoms with Gasteiger partial charge in [0.1, 0.15) is 0 Å². The molecular formula is C22H21NO3. The average Bonchev–Trinajstić information content (AvgIpc) is 3.50. The lowest BCUT2D eigenvalue weighted by atomic mass is 9.54. The molecule has 2 aromatic rings. The molecule has 0 heterocycles. The van der Waals surface area contributed by atoms with E-state index in [1.165, 1.54) is 0 Å². The summed E-state index contributed by atoms with van der Waals surface area (Å²) < 4.78 is 0. The number of carboxylic acid groups (broad SMARTS) is 1. The smallest absolute Gasteiger partial charge is 0.308 e. The Kier molecular flexibility index (Phi) is 3.42. The molecule has 2 bridgehead atoms. The summed E-state index contributed by atoms with van der Waals surface area (Å²) in [6.45, 7) is 0.669. The molecule has 0 spiro atoms. The van der Waals surface area contributed by atoms with Crippen LogP contribution in [0.4, 0.5) is 0 Å². The Balaban J connectivity index is 1.65. The largest absolute Gasteiger partial charge is 0.481 e. The molecule has 4 heteroatoms. The highest BCUT2D eigenvalue weighted by Gasteiger charge is 2.55. The molecule has 4 nitrogen and oxygen atoms in total. The van der Waals surface area contributed by atoms with E-state index in [1.807, 2.05) is 36.4 Å². The molecule has 1 saturated carbocycles. The summed E-state index contributed by atoms with van der Waals surface area (Å²) in [6, 6.07) is 16.1. The number of fused-ring (bicyclic) bond motifs is 1. The summed E-state index contributed by atoms with van der Waals surface area (Å²) in [7, 11) is 0. The number of carbonyl (C=O) groups is 2. The van der Waals surface area contributed by atoms with Crippen LogP contribution >= 0.6 is 0 Å². The van der Waals surface area contributed by atoms with Gasteiger partial charge in [0.15, 0.2) is 0 Å². The number of carbonyl (C=O) groups excluding carboxylic acids is 1. The van der Waals surface area contributed by atoms with E-state index < -0.39 is 17.8 Å². The van der Waals surface area contributed by atoms with Gasteiger partial charge in [0.2, 0.25) is 5.91 Å². The Morgan fingerprint density at radius 2 is 1.31 bits per heavy atom. The quantitative estimate of drug-likeness (QED) is 0.893. The Bertz CT molecular complexity index is 854. The monoisotopic (exact) mass is 347 g/mol. The van der Waals surface area contributed by atoms with Crippen molar-refractivity contribution in [3.63, 3.8) is 0 Å². The number of benzene rings is 2. The van der Waals surface area contributed by atoms with Crippen molar-refractivity contribution in [1.29, 1.82) is 0 Å². The van der Waals surface area contributed by atoms with Gasteiger partial charge in [-0.25, -0.2) is 0 Å². The second-order valence-electron chi connectivity index (χ2n) is 7.79. The minimum Gasteiger partial charge on any atom is -0.481 e. The van der Waals surface area contributed by atoms with Crippen molar-refractivity contribution in [3.05, 3.63) is 70.8 Å². The van der Waals surface area contributed by atoms with Gasteiger partial charge in [-0.2, -0.15) is 0 Å². The fourth-order valence-corrected chi connectivity index (χ4v) is 4.97. The van der Waals surface area contributed by atoms with E-state index in [0.29, 0.717) is 12.5 Å². The summed E-state index contributed by atoms with van der Waals surface area (Å²) in [5.41, 5.74) is 4.35. The molecule has 0 radical (unpaired) electrons. The van der Waals surface area contributed by atoms with Crippen molar-refractivity contribution < 1.29 is 14.7 Å². The molecule has 6 rings (SSSR count). The molecule has 26 heavy (non-hydrogen) atoms. The number of rotatable bonds is 4. The highest BCUT2D eigenvalue weighted by atomic mass is 16.4. The second-order valence-corrected chi connectivity index (χ2v) is 7.79. The Morgan fingerprint density at radius 1 is 0.846 bits per heavy atom. The van der Waals surface area contributed by atoms with Crippen molar-refractivity contribution in [1.82, 2.24) is 5.32 Å². The summed E-state index contributed by atoms with van der Waals surface area (Å²) in [5, 5.41) is 13.1. The van der Waals surface area contributed by atoms with Gasteiger partial charge in [0, 0.05) is 18.4 Å². The van der Waals surface area contributed by atoms with Gasteiger partial charge >= 0.3 is 5.97 Å². The summed E-state index contributed by atoms with van der Waals surface area (Å²) in [4.78, 5) is 25.3. The Morgan fingerprint density at radius 3 is 1.73 bits per heavy atom. The summed E-state index contributed by atoms with van der Waals surface area (Å²) in [5.74, 6) is -2.14. The van der Waals surface area contributed by atoms with Crippen LogP contribution in [0, 0.1) is 17.8 Å². The van der Waals surface area contributed by atoms with Crippen LogP contribution in [0.3, 0.4) is 0 Å². The van der Waals surface area contributed by atoms with Gasteiger partial charge in [-0.05, 0) is 41.0 Å². The van der Waals surface area contributed by atoms with Crippen molar-refractivity contribution >= 4 is 11.9 Å². The number of hydrogen-bond donors (Lipinski definition) is 2. The Labute approximate surface area is 152 Å². The maximum atomic E-state index is 13.1. The molecule has 2 atom stereocenters. The molecule has 2 aromatic carbocycles. The minimum absolute atomic E-state index is 0.108. The van der Waals surface area contributed by atoms with E-state index in [2.05, 4.69) is 17.4 Å². The lowest BCUT2D eigenvalue weighted by Crippen LogP contribution is -2.50. The highest BCUT2D eigenvalue weighted by Crippen LogP contribution is 2.58. The van der Waals surface area contributed by atoms with Crippen LogP contribution in [0.5, 0.6) is 0 Å². The molecule has 1 fully saturated rings. The third-order valence-electron chi connectivity index (χ3n) is 6.29. The van der Waals surface area contributed by atoms with Crippen LogP contribution in [0.2, 0.25) is 0 Å². The first-order chi connectivity index (χ1) is 12.7. The summed E-state index contributed by atoms with van der Waals surface area (Å²) >= 11 is 0. The zero-order valence-corrected chi connectivity index (χ0v) is 14.4. The maximum Gasteiger partial charge on any atom is 0.308 e. The molecular weight excluding hydrogens is 326 g/mol. The molecule has 2 unspecified atom stereocenters. The van der Waals surface area contributed by atoms with Crippen LogP contribution in [0.1, 0.15) is 46.9 Å². The first-order valence-corrected chi connectivity index (χ1v) is 9.35. The predicted molar refractivity (Wildman–Crippen MR) is 96.9 cm³/mol. The number of aliphatic carboxylic acids is 1. The molecule has 4 aliphatic rings. The average molecular weight is 347 g/mol. The highest BCUT2D eigenvalue weighted by molar-refractivity contribution is 5.89. The number of carboxylic acids is 1. The SMILES string of the molecule is O=C(O)C1C2c3ccccc3C(c3ccccc32)C1C(=O)NCC1CC1. The van der Waals surface area contributed by atoms with Crippen molar-refractivity contribution in [2.24, 2.45) is 17.8 Å². The fourth-order valence-electron chi connectivity index (χ4n) is 4.97. The standard InChI is InChI=1S/C22H21NO3/c24-21(23-11-12-9-10-12)19-17-13-5-1-3-7-15(13)18(20(19)22(25)26)16-8-4-2-6-14(16)17/h1-8,12,17-20H,9-11H2,(H,23,24)(H,25,26). The van der Waals surface area contributed by atoms with Gasteiger partial charge in [0.25, 0.3) is 0 Å². The fraction of sp³-hybridized carbons (Fsp3) is 0.364. The van der Waals surface area contributed by atoms with Crippen LogP contribution in [0.25, 0.3) is 0 Å². The van der Waals surface area contributed by atoms with Gasteiger partial charge < -0.3 is 10.4 Å². The zero-order valence-electron chi connectivity index (χ0n) is 14.4. The van der Waals surface area contributed by atoms with Crippen LogP contribution < -0.4 is 5.32 Å². The summed E-state index contributed by atoms with van der Waals surface area (Å²) in [6.07, 6.45) is 2.32. The molecule has 4 aliphatic carbocycles. The van der Waals surface area contributed by atoms with Crippen LogP contribution in [-0.4, -0.2) is 23.5 Å². The first kappa shape index (κ1) is 15.6. The topological polar surface area (TPSA) is 66.4 Å². The van der Waals surface area contributed by atoms with Crippen molar-refractivity contribution in [3.8, 4) is 0 Å². The molecule has 132 valence electrons. The van der Waals surface area contributed by atoms with E-state index >= 15 is 0 Å². The first-order valence-electron chi connectivity index (χ1n) is 9.35. The predicted octanol–water partition coefficient (Wildman–Crippen LogP) is 3.12. The molecule has 0 aromatic heterocycles. The van der Waals surface area contributed by atoms with E-state index in [9.17, 15) is 14.7 Å². The lowest BCUT2D eigenvalue weighted by Gasteiger charge is -2.48. The molecule has 2 N–H and O–H groups in total. The van der Waals surface area contributed by atoms with Crippen LogP contribution in [0.15, 0.2) is 48.5 Å². The van der Waals surface area contributed by atoms with E-state index in [-0.39, 0.29) is 17.7 Å². The van der Waals surface area contributed by atoms with E-state index in [1.54, 1.807) is 0 Å². The zero-order chi connectivity index (χ0) is 17.8. The van der Waals surface area contributed by atoms with Crippen molar-refractivity contribution in [2.75, 3.05) is 6.54 Å². The normalized spacial score (nSPS) is 28.2. The van der Waals surface area contributed by atoms with Crippen molar-refractivity contribution in [2.45, 2.75) is 24.7 Å².